The minimum Gasteiger partial charge on any atom is -0.290 e. The van der Waals surface area contributed by atoms with Gasteiger partial charge in [0.1, 0.15) is 11.4 Å². The maximum Gasteiger partial charge on any atom is 0.326 e. The fourth-order valence-electron chi connectivity index (χ4n) is 1.45. The molecule has 3 rings (SSSR count). The molecule has 3 heterocycles. The highest BCUT2D eigenvalue weighted by Gasteiger charge is 2.21. The molecule has 78 valence electrons. The van der Waals surface area contributed by atoms with Crippen molar-refractivity contribution < 1.29 is 4.79 Å². The summed E-state index contributed by atoms with van der Waals surface area (Å²) in [6, 6.07) is -0.402. The smallest absolute Gasteiger partial charge is 0.290 e. The quantitative estimate of drug-likeness (QED) is 0.679. The number of anilines is 2. The Morgan fingerprint density at radius 1 is 0.750 bits per heavy atom. The van der Waals surface area contributed by atoms with Crippen LogP contribution in [0.5, 0.6) is 0 Å². The number of hydrogen-bond acceptors (Lipinski definition) is 5. The number of amides is 2. The number of rotatable bonds is 0. The van der Waals surface area contributed by atoms with Crippen LogP contribution in [0, 0.1) is 0 Å². The van der Waals surface area contributed by atoms with E-state index in [1.54, 1.807) is 0 Å². The van der Waals surface area contributed by atoms with Gasteiger partial charge in [0.25, 0.3) is 0 Å². The lowest BCUT2D eigenvalue weighted by Gasteiger charge is -2.02. The van der Waals surface area contributed by atoms with Gasteiger partial charge >= 0.3 is 6.03 Å². The molecule has 2 N–H and O–H groups in total. The Labute approximate surface area is 90.0 Å². The van der Waals surface area contributed by atoms with E-state index in [1.807, 2.05) is 0 Å². The zero-order valence-corrected chi connectivity index (χ0v) is 8.01. The van der Waals surface area contributed by atoms with Crippen molar-refractivity contribution in [2.75, 3.05) is 10.6 Å². The number of aromatic nitrogens is 4. The lowest BCUT2D eigenvalue weighted by Crippen LogP contribution is -2.19. The van der Waals surface area contributed by atoms with Crippen molar-refractivity contribution in [1.82, 2.24) is 19.9 Å². The van der Waals surface area contributed by atoms with Gasteiger partial charge in [0.15, 0.2) is 11.6 Å². The molecule has 2 aromatic heterocycles. The summed E-state index contributed by atoms with van der Waals surface area (Å²) >= 11 is 0. The van der Waals surface area contributed by atoms with Gasteiger partial charge in [-0.05, 0) is 0 Å². The molecule has 0 saturated carbocycles. The molecule has 0 unspecified atom stereocenters. The summed E-state index contributed by atoms with van der Waals surface area (Å²) in [5.41, 5.74) is 1.01. The van der Waals surface area contributed by atoms with Crippen LogP contribution in [0.4, 0.5) is 16.4 Å². The fourth-order valence-corrected chi connectivity index (χ4v) is 1.45. The SMILES string of the molecule is O=C1Nc2nccnc2-c2nccnc2N1. The first-order valence-electron chi connectivity index (χ1n) is 4.55. The average Bonchev–Trinajstić information content (AvgIpc) is 2.44. The maximum atomic E-state index is 11.5. The number of fused-ring (bicyclic) bond motifs is 3. The Hall–Kier alpha value is -2.57. The molecule has 0 aromatic carbocycles. The summed E-state index contributed by atoms with van der Waals surface area (Å²) in [7, 11) is 0. The molecule has 0 atom stereocenters. The van der Waals surface area contributed by atoms with Crippen molar-refractivity contribution in [3.05, 3.63) is 24.8 Å². The number of urea groups is 1. The molecule has 0 radical (unpaired) electrons. The second kappa shape index (κ2) is 3.23. The standard InChI is InChI=1S/C9H6N6O/c16-9-14-7-5(10-1-3-12-7)6-8(15-9)13-4-2-11-6/h1-4H,(H2,12,13,14,15,16). The second-order valence-corrected chi connectivity index (χ2v) is 3.09. The number of carbonyl (C=O) groups is 1. The van der Waals surface area contributed by atoms with E-state index in [9.17, 15) is 4.79 Å². The highest BCUT2D eigenvalue weighted by molar-refractivity contribution is 6.05. The minimum absolute atomic E-state index is 0.374. The van der Waals surface area contributed by atoms with E-state index in [0.29, 0.717) is 23.0 Å². The van der Waals surface area contributed by atoms with Gasteiger partial charge in [0.2, 0.25) is 0 Å². The summed E-state index contributed by atoms with van der Waals surface area (Å²) < 4.78 is 0. The van der Waals surface area contributed by atoms with Gasteiger partial charge in [-0.2, -0.15) is 0 Å². The van der Waals surface area contributed by atoms with E-state index in [1.165, 1.54) is 24.8 Å². The van der Waals surface area contributed by atoms with Crippen molar-refractivity contribution in [2.24, 2.45) is 0 Å². The average molecular weight is 214 g/mol. The molecule has 2 amide bonds. The van der Waals surface area contributed by atoms with Crippen LogP contribution >= 0.6 is 0 Å². The third kappa shape index (κ3) is 1.26. The molecule has 16 heavy (non-hydrogen) atoms. The van der Waals surface area contributed by atoms with Crippen LogP contribution in [0.2, 0.25) is 0 Å². The normalized spacial score (nSPS) is 12.9. The van der Waals surface area contributed by atoms with E-state index in [4.69, 9.17) is 0 Å². The van der Waals surface area contributed by atoms with E-state index < -0.39 is 6.03 Å². The van der Waals surface area contributed by atoms with Gasteiger partial charge in [-0.25, -0.2) is 24.7 Å². The van der Waals surface area contributed by atoms with Gasteiger partial charge < -0.3 is 0 Å². The van der Waals surface area contributed by atoms with Gasteiger partial charge in [-0.3, -0.25) is 10.6 Å². The van der Waals surface area contributed by atoms with E-state index in [-0.39, 0.29) is 0 Å². The third-order valence-electron chi connectivity index (χ3n) is 2.08. The van der Waals surface area contributed by atoms with Crippen LogP contribution in [0.3, 0.4) is 0 Å². The van der Waals surface area contributed by atoms with E-state index >= 15 is 0 Å². The number of nitrogens with zero attached hydrogens (tertiary/aromatic N) is 4. The van der Waals surface area contributed by atoms with Crippen molar-refractivity contribution in [1.29, 1.82) is 0 Å². The first kappa shape index (κ1) is 8.72. The topological polar surface area (TPSA) is 92.7 Å². The molecule has 0 saturated heterocycles. The first-order chi connectivity index (χ1) is 7.84. The highest BCUT2D eigenvalue weighted by Crippen LogP contribution is 2.28. The Bertz CT molecular complexity index is 520. The molecular weight excluding hydrogens is 208 g/mol. The molecule has 1 aliphatic heterocycles. The molecule has 2 aromatic rings. The van der Waals surface area contributed by atoms with Crippen LogP contribution in [0.15, 0.2) is 24.8 Å². The molecular formula is C9H6N6O. The monoisotopic (exact) mass is 214 g/mol. The summed E-state index contributed by atoms with van der Waals surface area (Å²) in [4.78, 5) is 27.8. The Morgan fingerprint density at radius 3 is 1.69 bits per heavy atom. The lowest BCUT2D eigenvalue weighted by molar-refractivity contribution is 0.262. The second-order valence-electron chi connectivity index (χ2n) is 3.09. The first-order valence-corrected chi connectivity index (χ1v) is 4.55. The van der Waals surface area contributed by atoms with Crippen molar-refractivity contribution in [3.8, 4) is 11.4 Å². The Kier molecular flexibility index (Phi) is 1.76. The van der Waals surface area contributed by atoms with Gasteiger partial charge in [-0.1, -0.05) is 0 Å². The number of nitrogens with one attached hydrogen (secondary N) is 2. The molecule has 0 bridgehead atoms. The largest absolute Gasteiger partial charge is 0.326 e. The number of carbonyl (C=O) groups excluding carboxylic acids is 1. The summed E-state index contributed by atoms with van der Waals surface area (Å²) in [5, 5.41) is 5.13. The van der Waals surface area contributed by atoms with Crippen LogP contribution in [0.25, 0.3) is 11.4 Å². The predicted molar refractivity (Wildman–Crippen MR) is 55.7 cm³/mol. The molecule has 7 nitrogen and oxygen atoms in total. The van der Waals surface area contributed by atoms with Crippen LogP contribution in [-0.2, 0) is 0 Å². The zero-order chi connectivity index (χ0) is 11.0. The molecule has 0 aliphatic carbocycles. The fraction of sp³-hybridized carbons (Fsp3) is 0. The molecule has 1 aliphatic rings. The van der Waals surface area contributed by atoms with Crippen LogP contribution in [0.1, 0.15) is 0 Å². The Morgan fingerprint density at radius 2 is 1.19 bits per heavy atom. The zero-order valence-electron chi connectivity index (χ0n) is 8.01. The van der Waals surface area contributed by atoms with Gasteiger partial charge in [0, 0.05) is 24.8 Å². The predicted octanol–water partition coefficient (Wildman–Crippen LogP) is 0.891. The van der Waals surface area contributed by atoms with E-state index in [0.717, 1.165) is 0 Å². The molecule has 0 spiro atoms. The summed E-state index contributed by atoms with van der Waals surface area (Å²) in [6.45, 7) is 0. The molecule has 7 heteroatoms. The van der Waals surface area contributed by atoms with Crippen LogP contribution in [-0.4, -0.2) is 26.0 Å². The highest BCUT2D eigenvalue weighted by atomic mass is 16.2. The van der Waals surface area contributed by atoms with E-state index in [2.05, 4.69) is 30.6 Å². The maximum absolute atomic E-state index is 11.5. The third-order valence-corrected chi connectivity index (χ3v) is 2.08. The summed E-state index contributed by atoms with van der Waals surface area (Å²) in [5.74, 6) is 0.749. The van der Waals surface area contributed by atoms with Gasteiger partial charge in [-0.15, -0.1) is 0 Å². The van der Waals surface area contributed by atoms with Gasteiger partial charge in [0.05, 0.1) is 0 Å². The van der Waals surface area contributed by atoms with Crippen molar-refractivity contribution in [3.63, 3.8) is 0 Å². The Balaban J connectivity index is 2.30. The van der Waals surface area contributed by atoms with Crippen LogP contribution < -0.4 is 10.6 Å². The number of hydrogen-bond donors (Lipinski definition) is 2. The lowest BCUT2D eigenvalue weighted by atomic mass is 10.3. The molecule has 0 fully saturated rings. The minimum atomic E-state index is -0.402. The van der Waals surface area contributed by atoms with Crippen molar-refractivity contribution in [2.45, 2.75) is 0 Å². The summed E-state index contributed by atoms with van der Waals surface area (Å²) in [6.07, 6.45) is 6.07. The van der Waals surface area contributed by atoms with Crippen molar-refractivity contribution >= 4 is 17.7 Å².